The van der Waals surface area contributed by atoms with Crippen molar-refractivity contribution < 1.29 is 34.1 Å². The van der Waals surface area contributed by atoms with Gasteiger partial charge in [0.25, 0.3) is 0 Å². The highest BCUT2D eigenvalue weighted by Gasteiger charge is 2.48. The minimum atomic E-state index is -1.43. The lowest BCUT2D eigenvalue weighted by molar-refractivity contribution is -0.154. The summed E-state index contributed by atoms with van der Waals surface area (Å²) < 4.78 is 13.4. The molecule has 1 aliphatic heterocycles. The first-order chi connectivity index (χ1) is 22.2. The van der Waals surface area contributed by atoms with E-state index in [4.69, 9.17) is 10.2 Å². The van der Waals surface area contributed by atoms with E-state index in [-0.39, 0.29) is 30.1 Å². The summed E-state index contributed by atoms with van der Waals surface area (Å²) in [5, 5.41) is 29.0. The predicted molar refractivity (Wildman–Crippen MR) is 173 cm³/mol. The molecule has 4 aromatic rings. The van der Waals surface area contributed by atoms with E-state index in [1.54, 1.807) is 17.0 Å². The van der Waals surface area contributed by atoms with Gasteiger partial charge < -0.3 is 20.2 Å². The molecule has 0 saturated carbocycles. The largest absolute Gasteiger partial charge is 0.481 e. The zero-order chi connectivity index (χ0) is 32.6. The molecular weight excluding hydrogens is 585 g/mol. The SMILES string of the molecule is O=C(O)C(CCCc1ccc([C@@H]2[C@@H](CC[C@H](O)c3ccc(F)cc3)C(=O)N2c2ccc(CCc3ccccc3)cc2)cc1)C(=O)O. The van der Waals surface area contributed by atoms with E-state index in [9.17, 15) is 23.9 Å². The van der Waals surface area contributed by atoms with Crippen LogP contribution in [0.25, 0.3) is 0 Å². The summed E-state index contributed by atoms with van der Waals surface area (Å²) >= 11 is 0. The maximum atomic E-state index is 13.6. The number of carbonyl (C=O) groups excluding carboxylic acids is 1. The zero-order valence-corrected chi connectivity index (χ0v) is 25.5. The average Bonchev–Trinajstić information content (AvgIpc) is 3.06. The van der Waals surface area contributed by atoms with E-state index in [1.807, 2.05) is 54.6 Å². The maximum absolute atomic E-state index is 13.6. The fraction of sp³-hybridized carbons (Fsp3) is 0.289. The molecule has 8 heteroatoms. The molecule has 0 aromatic heterocycles. The molecule has 0 spiro atoms. The lowest BCUT2D eigenvalue weighted by atomic mass is 9.78. The van der Waals surface area contributed by atoms with Gasteiger partial charge in [0.1, 0.15) is 5.82 Å². The van der Waals surface area contributed by atoms with Gasteiger partial charge in [-0.05, 0) is 97.0 Å². The van der Waals surface area contributed by atoms with Gasteiger partial charge in [0.05, 0.1) is 18.1 Å². The van der Waals surface area contributed by atoms with Crippen LogP contribution in [-0.2, 0) is 33.6 Å². The quantitative estimate of drug-likeness (QED) is 0.0977. The van der Waals surface area contributed by atoms with Crippen LogP contribution < -0.4 is 4.90 Å². The topological polar surface area (TPSA) is 115 Å². The zero-order valence-electron chi connectivity index (χ0n) is 25.5. The number of aliphatic hydroxyl groups is 1. The number of amides is 1. The standard InChI is InChI=1S/C38H38FNO6/c39-30-19-17-28(18-20-30)34(41)24-23-32-35(29-15-11-26(12-16-29)7-4-8-33(37(43)44)38(45)46)40(36(32)42)31-21-13-27(14-22-31)10-9-25-5-2-1-3-6-25/h1-3,5-6,11-22,32-35,41H,4,7-10,23-24H2,(H,43,44)(H,45,46)/t32-,34+,35-/m1/s1. The normalized spacial score (nSPS) is 16.7. The summed E-state index contributed by atoms with van der Waals surface area (Å²) in [7, 11) is 0. The Hall–Kier alpha value is -4.82. The molecule has 1 fully saturated rings. The van der Waals surface area contributed by atoms with Gasteiger partial charge in [-0.3, -0.25) is 14.4 Å². The van der Waals surface area contributed by atoms with Crippen LogP contribution in [0.2, 0.25) is 0 Å². The van der Waals surface area contributed by atoms with E-state index in [1.165, 1.54) is 23.3 Å². The molecule has 3 atom stereocenters. The Kier molecular flexibility index (Phi) is 10.6. The number of hydrogen-bond acceptors (Lipinski definition) is 4. The van der Waals surface area contributed by atoms with Crippen molar-refractivity contribution in [2.45, 2.75) is 57.1 Å². The fourth-order valence-corrected chi connectivity index (χ4v) is 6.19. The van der Waals surface area contributed by atoms with Gasteiger partial charge in [-0.2, -0.15) is 0 Å². The van der Waals surface area contributed by atoms with Crippen molar-refractivity contribution in [3.05, 3.63) is 137 Å². The second-order valence-electron chi connectivity index (χ2n) is 11.9. The van der Waals surface area contributed by atoms with Crippen LogP contribution in [0.15, 0.2) is 103 Å². The number of anilines is 1. The minimum absolute atomic E-state index is 0.0224. The molecule has 3 N–H and O–H groups in total. The molecule has 7 nitrogen and oxygen atoms in total. The van der Waals surface area contributed by atoms with Crippen LogP contribution >= 0.6 is 0 Å². The Labute approximate surface area is 267 Å². The summed E-state index contributed by atoms with van der Waals surface area (Å²) in [6.45, 7) is 0. The molecule has 0 radical (unpaired) electrons. The Morgan fingerprint density at radius 2 is 1.28 bits per heavy atom. The number of carbonyl (C=O) groups is 3. The number of aryl methyl sites for hydroxylation is 3. The minimum Gasteiger partial charge on any atom is -0.481 e. The number of carboxylic acid groups (broad SMARTS) is 2. The molecule has 0 unspecified atom stereocenters. The van der Waals surface area contributed by atoms with E-state index < -0.39 is 24.0 Å². The first-order valence-electron chi connectivity index (χ1n) is 15.6. The average molecular weight is 624 g/mol. The molecule has 5 rings (SSSR count). The van der Waals surface area contributed by atoms with E-state index in [2.05, 4.69) is 24.3 Å². The van der Waals surface area contributed by atoms with Crippen molar-refractivity contribution in [2.24, 2.45) is 11.8 Å². The number of aliphatic carboxylic acids is 2. The Balaban J connectivity index is 1.29. The summed E-state index contributed by atoms with van der Waals surface area (Å²) in [4.78, 5) is 37.8. The molecule has 0 aliphatic carbocycles. The molecule has 0 bridgehead atoms. The first kappa shape index (κ1) is 32.6. The lowest BCUT2D eigenvalue weighted by Gasteiger charge is -2.48. The number of halogens is 1. The summed E-state index contributed by atoms with van der Waals surface area (Å²) in [5.74, 6) is -4.85. The Morgan fingerprint density at radius 3 is 1.89 bits per heavy atom. The van der Waals surface area contributed by atoms with Crippen molar-refractivity contribution in [3.63, 3.8) is 0 Å². The number of benzene rings is 4. The summed E-state index contributed by atoms with van der Waals surface area (Å²) in [5.41, 5.74) is 5.72. The van der Waals surface area contributed by atoms with Gasteiger partial charge in [0, 0.05) is 5.69 Å². The number of rotatable bonds is 15. The third-order valence-corrected chi connectivity index (χ3v) is 8.86. The highest BCUT2D eigenvalue weighted by atomic mass is 19.1. The number of hydrogen-bond donors (Lipinski definition) is 3. The van der Waals surface area contributed by atoms with Crippen LogP contribution in [-0.4, -0.2) is 33.2 Å². The molecule has 1 heterocycles. The third kappa shape index (κ3) is 7.87. The van der Waals surface area contributed by atoms with Crippen molar-refractivity contribution in [1.82, 2.24) is 0 Å². The van der Waals surface area contributed by atoms with E-state index in [0.29, 0.717) is 31.2 Å². The molecule has 1 saturated heterocycles. The Bertz CT molecular complexity index is 1610. The molecule has 1 amide bonds. The molecule has 1 aliphatic rings. The van der Waals surface area contributed by atoms with Gasteiger partial charge in [-0.15, -0.1) is 0 Å². The number of nitrogens with zero attached hydrogens (tertiary/aromatic N) is 1. The predicted octanol–water partition coefficient (Wildman–Crippen LogP) is 6.94. The third-order valence-electron chi connectivity index (χ3n) is 8.86. The molecule has 238 valence electrons. The van der Waals surface area contributed by atoms with Gasteiger partial charge in [0.15, 0.2) is 5.92 Å². The molecule has 46 heavy (non-hydrogen) atoms. The second-order valence-corrected chi connectivity index (χ2v) is 11.9. The van der Waals surface area contributed by atoms with Crippen LogP contribution in [0.4, 0.5) is 10.1 Å². The monoisotopic (exact) mass is 623 g/mol. The number of carboxylic acids is 2. The van der Waals surface area contributed by atoms with E-state index >= 15 is 0 Å². The van der Waals surface area contributed by atoms with Gasteiger partial charge in [0.2, 0.25) is 5.91 Å². The van der Waals surface area contributed by atoms with Crippen LogP contribution in [0.3, 0.4) is 0 Å². The van der Waals surface area contributed by atoms with Crippen LogP contribution in [0, 0.1) is 17.7 Å². The highest BCUT2D eigenvalue weighted by molar-refractivity contribution is 6.03. The van der Waals surface area contributed by atoms with Gasteiger partial charge >= 0.3 is 11.9 Å². The smallest absolute Gasteiger partial charge is 0.317 e. The van der Waals surface area contributed by atoms with Crippen molar-refractivity contribution in [3.8, 4) is 0 Å². The van der Waals surface area contributed by atoms with Gasteiger partial charge in [-0.25, -0.2) is 4.39 Å². The lowest BCUT2D eigenvalue weighted by Crippen LogP contribution is -2.55. The Morgan fingerprint density at radius 1 is 0.717 bits per heavy atom. The summed E-state index contributed by atoms with van der Waals surface area (Å²) in [6.07, 6.45) is 2.75. The number of aliphatic hydroxyl groups excluding tert-OH is 1. The maximum Gasteiger partial charge on any atom is 0.317 e. The van der Waals surface area contributed by atoms with Crippen molar-refractivity contribution >= 4 is 23.5 Å². The van der Waals surface area contributed by atoms with Crippen molar-refractivity contribution in [2.75, 3.05) is 4.90 Å². The highest BCUT2D eigenvalue weighted by Crippen LogP contribution is 2.46. The van der Waals surface area contributed by atoms with Gasteiger partial charge in [-0.1, -0.05) is 78.9 Å². The fourth-order valence-electron chi connectivity index (χ4n) is 6.19. The van der Waals surface area contributed by atoms with Crippen LogP contribution in [0.1, 0.15) is 65.6 Å². The summed E-state index contributed by atoms with van der Waals surface area (Å²) in [6, 6.07) is 31.6. The van der Waals surface area contributed by atoms with Crippen molar-refractivity contribution in [1.29, 1.82) is 0 Å². The number of β-lactam (4-membered cyclic amide) rings is 1. The van der Waals surface area contributed by atoms with Crippen LogP contribution in [0.5, 0.6) is 0 Å². The second kappa shape index (κ2) is 15.0. The van der Waals surface area contributed by atoms with E-state index in [0.717, 1.165) is 29.7 Å². The molecular formula is C38H38FNO6. The first-order valence-corrected chi connectivity index (χ1v) is 15.6. The molecule has 4 aromatic carbocycles.